The molecule has 0 atom stereocenters. The smallest absolute Gasteiger partial charge is 0.410 e. The maximum absolute atomic E-state index is 12.2. The van der Waals surface area contributed by atoms with Gasteiger partial charge in [0.15, 0.2) is 0 Å². The molecule has 1 amide bonds. The first kappa shape index (κ1) is 16.3. The van der Waals surface area contributed by atoms with Gasteiger partial charge in [-0.15, -0.1) is 11.3 Å². The van der Waals surface area contributed by atoms with Crippen molar-refractivity contribution in [2.24, 2.45) is 0 Å². The molecule has 0 radical (unpaired) electrons. The number of hydrogen-bond acceptors (Lipinski definition) is 4. The van der Waals surface area contributed by atoms with E-state index in [0.29, 0.717) is 25.9 Å². The van der Waals surface area contributed by atoms with Crippen molar-refractivity contribution in [3.63, 3.8) is 0 Å². The summed E-state index contributed by atoms with van der Waals surface area (Å²) >= 11 is 1.68. The lowest BCUT2D eigenvalue weighted by molar-refractivity contribution is -0.0347. The number of amides is 1. The largest absolute Gasteiger partial charge is 0.444 e. The zero-order chi connectivity index (χ0) is 16.7. The predicted molar refractivity (Wildman–Crippen MR) is 92.8 cm³/mol. The Bertz CT molecular complexity index is 708. The fraction of sp³-hybridized carbons (Fsp3) is 0.500. The molecule has 23 heavy (non-hydrogen) atoms. The molecule has 1 N–H and O–H groups in total. The van der Waals surface area contributed by atoms with Crippen molar-refractivity contribution in [3.05, 3.63) is 35.2 Å². The SMILES string of the molecule is CC(C)(C)OC(=O)N1CCC(O)(c2cccc3sccc23)CC1. The molecule has 0 unspecified atom stereocenters. The van der Waals surface area contributed by atoms with Gasteiger partial charge < -0.3 is 14.7 Å². The van der Waals surface area contributed by atoms with Gasteiger partial charge in [-0.1, -0.05) is 12.1 Å². The normalized spacial score (nSPS) is 18.2. The van der Waals surface area contributed by atoms with Gasteiger partial charge in [-0.05, 0) is 62.1 Å². The zero-order valence-corrected chi connectivity index (χ0v) is 14.7. The Hall–Kier alpha value is -1.59. The summed E-state index contributed by atoms with van der Waals surface area (Å²) in [6.07, 6.45) is 0.760. The molecule has 2 heterocycles. The molecule has 0 aliphatic carbocycles. The van der Waals surface area contributed by atoms with E-state index in [1.165, 1.54) is 4.70 Å². The van der Waals surface area contributed by atoms with Gasteiger partial charge in [-0.2, -0.15) is 0 Å². The topological polar surface area (TPSA) is 49.8 Å². The number of ether oxygens (including phenoxy) is 1. The van der Waals surface area contributed by atoms with Crippen LogP contribution in [0.4, 0.5) is 4.79 Å². The Kier molecular flexibility index (Phi) is 4.10. The highest BCUT2D eigenvalue weighted by Crippen LogP contribution is 2.38. The molecule has 1 fully saturated rings. The lowest BCUT2D eigenvalue weighted by Gasteiger charge is -2.39. The van der Waals surface area contributed by atoms with E-state index < -0.39 is 11.2 Å². The standard InChI is InChI=1S/C18H23NO3S/c1-17(2,3)22-16(20)19-10-8-18(21,9-11-19)14-5-4-6-15-13(14)7-12-23-15/h4-7,12,21H,8-11H2,1-3H3. The van der Waals surface area contributed by atoms with E-state index in [1.54, 1.807) is 16.2 Å². The third-order valence-corrected chi connectivity index (χ3v) is 5.12. The van der Waals surface area contributed by atoms with E-state index in [2.05, 4.69) is 12.1 Å². The second kappa shape index (κ2) is 5.80. The van der Waals surface area contributed by atoms with Gasteiger partial charge in [0.2, 0.25) is 0 Å². The number of likely N-dealkylation sites (tertiary alicyclic amines) is 1. The molecular formula is C18H23NO3S. The summed E-state index contributed by atoms with van der Waals surface area (Å²) in [4.78, 5) is 13.8. The van der Waals surface area contributed by atoms with Crippen LogP contribution in [0.1, 0.15) is 39.2 Å². The van der Waals surface area contributed by atoms with Gasteiger partial charge in [0.1, 0.15) is 5.60 Å². The van der Waals surface area contributed by atoms with E-state index in [9.17, 15) is 9.90 Å². The molecule has 3 rings (SSSR count). The minimum absolute atomic E-state index is 0.298. The number of nitrogens with zero attached hydrogens (tertiary/aromatic N) is 1. The summed E-state index contributed by atoms with van der Waals surface area (Å²) in [5, 5.41) is 14.3. The summed E-state index contributed by atoms with van der Waals surface area (Å²) in [5.41, 5.74) is -0.397. The fourth-order valence-corrected chi connectivity index (χ4v) is 3.87. The molecule has 0 bridgehead atoms. The molecule has 1 aliphatic heterocycles. The lowest BCUT2D eigenvalue weighted by atomic mass is 9.83. The molecule has 0 saturated carbocycles. The average Bonchev–Trinajstić information content (AvgIpc) is 2.94. The van der Waals surface area contributed by atoms with Crippen molar-refractivity contribution in [2.45, 2.75) is 44.8 Å². The second-order valence-corrected chi connectivity index (χ2v) is 8.08. The molecule has 4 nitrogen and oxygen atoms in total. The highest BCUT2D eigenvalue weighted by Gasteiger charge is 2.37. The molecule has 1 aliphatic rings. The Morgan fingerprint density at radius 1 is 1.26 bits per heavy atom. The maximum Gasteiger partial charge on any atom is 0.410 e. The molecular weight excluding hydrogens is 310 g/mol. The average molecular weight is 333 g/mol. The van der Waals surface area contributed by atoms with Crippen LogP contribution in [0.2, 0.25) is 0 Å². The Balaban J connectivity index is 1.75. The van der Waals surface area contributed by atoms with Crippen molar-refractivity contribution < 1.29 is 14.6 Å². The number of piperidine rings is 1. The summed E-state index contributed by atoms with van der Waals surface area (Å²) in [5.74, 6) is 0. The number of rotatable bonds is 1. The zero-order valence-electron chi connectivity index (χ0n) is 13.8. The second-order valence-electron chi connectivity index (χ2n) is 7.14. The Morgan fingerprint density at radius 3 is 2.61 bits per heavy atom. The van der Waals surface area contributed by atoms with Gasteiger partial charge in [0.05, 0.1) is 5.60 Å². The first-order valence-electron chi connectivity index (χ1n) is 7.96. The summed E-state index contributed by atoms with van der Waals surface area (Å²) < 4.78 is 6.60. The number of fused-ring (bicyclic) bond motifs is 1. The molecule has 1 aromatic heterocycles. The van der Waals surface area contributed by atoms with Crippen LogP contribution in [-0.2, 0) is 10.3 Å². The number of aliphatic hydroxyl groups is 1. The lowest BCUT2D eigenvalue weighted by Crippen LogP contribution is -2.46. The molecule has 1 aromatic carbocycles. The van der Waals surface area contributed by atoms with E-state index in [4.69, 9.17) is 4.74 Å². The Morgan fingerprint density at radius 2 is 1.96 bits per heavy atom. The van der Waals surface area contributed by atoms with Crippen LogP contribution in [0.5, 0.6) is 0 Å². The minimum Gasteiger partial charge on any atom is -0.444 e. The van der Waals surface area contributed by atoms with Gasteiger partial charge in [0, 0.05) is 17.8 Å². The Labute approximate surface area is 140 Å². The van der Waals surface area contributed by atoms with Crippen molar-refractivity contribution >= 4 is 27.5 Å². The number of carbonyl (C=O) groups excluding carboxylic acids is 1. The highest BCUT2D eigenvalue weighted by atomic mass is 32.1. The van der Waals surface area contributed by atoms with E-state index in [0.717, 1.165) is 10.9 Å². The summed E-state index contributed by atoms with van der Waals surface area (Å²) in [6, 6.07) is 8.13. The van der Waals surface area contributed by atoms with Crippen LogP contribution < -0.4 is 0 Å². The van der Waals surface area contributed by atoms with Gasteiger partial charge in [0.25, 0.3) is 0 Å². The summed E-state index contributed by atoms with van der Waals surface area (Å²) in [7, 11) is 0. The van der Waals surface area contributed by atoms with Crippen LogP contribution in [0.15, 0.2) is 29.6 Å². The van der Waals surface area contributed by atoms with Crippen LogP contribution in [0, 0.1) is 0 Å². The highest BCUT2D eigenvalue weighted by molar-refractivity contribution is 7.17. The van der Waals surface area contributed by atoms with E-state index >= 15 is 0 Å². The molecule has 124 valence electrons. The number of thiophene rings is 1. The van der Waals surface area contributed by atoms with Crippen molar-refractivity contribution in [2.75, 3.05) is 13.1 Å². The first-order chi connectivity index (χ1) is 10.8. The third-order valence-electron chi connectivity index (χ3n) is 4.24. The van der Waals surface area contributed by atoms with Crippen LogP contribution >= 0.6 is 11.3 Å². The van der Waals surface area contributed by atoms with Crippen molar-refractivity contribution in [1.29, 1.82) is 0 Å². The molecule has 0 spiro atoms. The van der Waals surface area contributed by atoms with Crippen molar-refractivity contribution in [3.8, 4) is 0 Å². The maximum atomic E-state index is 12.2. The predicted octanol–water partition coefficient (Wildman–Crippen LogP) is 4.12. The van der Waals surface area contributed by atoms with Crippen LogP contribution in [0.3, 0.4) is 0 Å². The van der Waals surface area contributed by atoms with E-state index in [-0.39, 0.29) is 6.09 Å². The van der Waals surface area contributed by atoms with Crippen LogP contribution in [0.25, 0.3) is 10.1 Å². The number of benzene rings is 1. The monoisotopic (exact) mass is 333 g/mol. The van der Waals surface area contributed by atoms with Gasteiger partial charge in [-0.3, -0.25) is 0 Å². The van der Waals surface area contributed by atoms with Crippen LogP contribution in [-0.4, -0.2) is 34.8 Å². The van der Waals surface area contributed by atoms with Crippen molar-refractivity contribution in [1.82, 2.24) is 4.90 Å². The fourth-order valence-electron chi connectivity index (χ4n) is 3.05. The molecule has 5 heteroatoms. The third kappa shape index (κ3) is 3.35. The molecule has 1 saturated heterocycles. The first-order valence-corrected chi connectivity index (χ1v) is 8.83. The number of hydrogen-bond donors (Lipinski definition) is 1. The quantitative estimate of drug-likeness (QED) is 0.854. The van der Waals surface area contributed by atoms with Gasteiger partial charge >= 0.3 is 6.09 Å². The van der Waals surface area contributed by atoms with E-state index in [1.807, 2.05) is 38.3 Å². The van der Waals surface area contributed by atoms with Gasteiger partial charge in [-0.25, -0.2) is 4.79 Å². The minimum atomic E-state index is -0.876. The summed E-state index contributed by atoms with van der Waals surface area (Å²) in [6.45, 7) is 6.60. The number of carbonyl (C=O) groups is 1. The molecule has 2 aromatic rings.